The van der Waals surface area contributed by atoms with Crippen LogP contribution in [0.3, 0.4) is 0 Å². The number of aryl methyl sites for hydroxylation is 1. The number of nitrogens with one attached hydrogen (secondary N) is 3. The van der Waals surface area contributed by atoms with Gasteiger partial charge in [0.05, 0.1) is 22.9 Å². The lowest BCUT2D eigenvalue weighted by Crippen LogP contribution is -2.54. The van der Waals surface area contributed by atoms with Crippen LogP contribution in [0.25, 0.3) is 11.0 Å². The summed E-state index contributed by atoms with van der Waals surface area (Å²) in [6, 6.07) is 19.7. The Morgan fingerprint density at radius 1 is 0.968 bits per heavy atom. The average Bonchev–Trinajstić information content (AvgIpc) is 3.92. The maximum absolute atomic E-state index is 13.9. The molecule has 5 heterocycles. The van der Waals surface area contributed by atoms with Gasteiger partial charge in [0.15, 0.2) is 0 Å². The molecule has 0 bridgehead atoms. The van der Waals surface area contributed by atoms with E-state index in [0.29, 0.717) is 41.4 Å². The number of sulfonamides is 1. The van der Waals surface area contributed by atoms with E-state index in [-0.39, 0.29) is 22.5 Å². The molecule has 14 nitrogen and oxygen atoms in total. The number of piperidine rings is 1. The van der Waals surface area contributed by atoms with Crippen molar-refractivity contribution in [1.29, 1.82) is 0 Å². The minimum atomic E-state index is -4.59. The molecule has 15 heteroatoms. The van der Waals surface area contributed by atoms with Gasteiger partial charge in [0, 0.05) is 61.1 Å². The van der Waals surface area contributed by atoms with E-state index in [0.717, 1.165) is 81.5 Å². The van der Waals surface area contributed by atoms with Crippen LogP contribution >= 0.6 is 0 Å². The molecule has 1 amide bonds. The Balaban J connectivity index is 0.898. The topological polar surface area (TPSA) is 176 Å². The first-order chi connectivity index (χ1) is 29.7. The van der Waals surface area contributed by atoms with Crippen molar-refractivity contribution in [3.8, 4) is 11.5 Å². The molecular formula is C47H56N8O6S. The summed E-state index contributed by atoms with van der Waals surface area (Å²) < 4.78 is 35.8. The Hall–Kier alpha value is -5.54. The smallest absolute Gasteiger partial charge is 0.312 e. The van der Waals surface area contributed by atoms with E-state index in [1.165, 1.54) is 36.8 Å². The molecule has 0 radical (unpaired) electrons. The van der Waals surface area contributed by atoms with Crippen molar-refractivity contribution in [2.24, 2.45) is 16.7 Å². The molecule has 62 heavy (non-hydrogen) atoms. The van der Waals surface area contributed by atoms with Crippen LogP contribution in [0.1, 0.15) is 106 Å². The second-order valence-electron chi connectivity index (χ2n) is 18.9. The van der Waals surface area contributed by atoms with Crippen LogP contribution < -0.4 is 19.7 Å². The van der Waals surface area contributed by atoms with Gasteiger partial charge in [0.25, 0.3) is 15.9 Å². The summed E-state index contributed by atoms with van der Waals surface area (Å²) in [5.41, 5.74) is 4.46. The zero-order chi connectivity index (χ0) is 43.2. The fraction of sp³-hybridized carbons (Fsp3) is 0.468. The molecular weight excluding hydrogens is 805 g/mol. The van der Waals surface area contributed by atoms with Gasteiger partial charge in [0.1, 0.15) is 22.0 Å². The number of benzene rings is 2. The van der Waals surface area contributed by atoms with Gasteiger partial charge in [-0.15, -0.1) is 0 Å². The van der Waals surface area contributed by atoms with E-state index >= 15 is 0 Å². The van der Waals surface area contributed by atoms with Crippen molar-refractivity contribution >= 4 is 44.2 Å². The van der Waals surface area contributed by atoms with Crippen LogP contribution in [0.15, 0.2) is 84.1 Å². The molecule has 1 atom stereocenters. The van der Waals surface area contributed by atoms with E-state index in [4.69, 9.17) is 4.74 Å². The predicted molar refractivity (Wildman–Crippen MR) is 239 cm³/mol. The van der Waals surface area contributed by atoms with Crippen molar-refractivity contribution in [3.05, 3.63) is 106 Å². The number of anilines is 2. The number of rotatable bonds is 12. The Morgan fingerprint density at radius 3 is 2.50 bits per heavy atom. The van der Waals surface area contributed by atoms with Gasteiger partial charge in [-0.25, -0.2) is 23.1 Å². The lowest BCUT2D eigenvalue weighted by atomic mass is 9.59. The Kier molecular flexibility index (Phi) is 11.2. The first-order valence-corrected chi connectivity index (χ1v) is 23.5. The van der Waals surface area contributed by atoms with E-state index in [2.05, 4.69) is 79.8 Å². The quantitative estimate of drug-likeness (QED) is 0.0805. The summed E-state index contributed by atoms with van der Waals surface area (Å²) in [6.45, 7) is 10.1. The van der Waals surface area contributed by atoms with Crippen LogP contribution in [0, 0.1) is 33.8 Å². The molecule has 0 unspecified atom stereocenters. The first-order valence-electron chi connectivity index (χ1n) is 22.0. The number of aromatic nitrogens is 3. The standard InChI is InChI=1S/C47H56N8O6S/c1-31-7-4-5-8-38(31)40-9-6-20-54(40)35-26-47(27-35)17-21-53(22-18-47)34-10-11-39(42(24-34)61-36-23-33-14-19-48-43(33)50-29-36)45(56)52-62(59,60)37-25-41(55(57)58)44(51-30-37)49-28-32-12-15-46(2,3)16-13-32/h4-5,7-8,10-11,14,19,23-25,29-30,32,35,40H,6,9,12-13,15-18,20-22,26-28H2,1-3H3,(H,48,50)(H,49,51)(H,52,56)/t40-/m1/s1. The van der Waals surface area contributed by atoms with Crippen molar-refractivity contribution in [2.75, 3.05) is 36.4 Å². The van der Waals surface area contributed by atoms with Gasteiger partial charge in [0.2, 0.25) is 5.82 Å². The second kappa shape index (κ2) is 16.6. The fourth-order valence-corrected chi connectivity index (χ4v) is 11.4. The second-order valence-corrected chi connectivity index (χ2v) is 20.6. The summed E-state index contributed by atoms with van der Waals surface area (Å²) in [5.74, 6) is -0.104. The predicted octanol–water partition coefficient (Wildman–Crippen LogP) is 9.30. The van der Waals surface area contributed by atoms with Crippen LogP contribution in [-0.2, 0) is 10.0 Å². The normalized spacial score (nSPS) is 20.6. The molecule has 4 aliphatic rings. The van der Waals surface area contributed by atoms with Gasteiger partial charge in [-0.05, 0) is 130 Å². The lowest BCUT2D eigenvalue weighted by Gasteiger charge is -2.56. The number of hydrogen-bond donors (Lipinski definition) is 3. The number of H-pyrrole nitrogens is 1. The molecule has 326 valence electrons. The third kappa shape index (κ3) is 8.61. The van der Waals surface area contributed by atoms with Crippen LogP contribution in [0.5, 0.6) is 11.5 Å². The minimum Gasteiger partial charge on any atom is -0.455 e. The molecule has 2 saturated heterocycles. The SMILES string of the molecule is Cc1ccccc1[C@H]1CCCN1C1CC2(CCN(c3ccc(C(=O)NS(=O)(=O)c4cnc(NCC5CCC(C)(C)CC5)c([N+](=O)[O-])c4)c(Oc4cnc5[nH]ccc5c4)c3)CC2)C1. The van der Waals surface area contributed by atoms with Crippen molar-refractivity contribution in [3.63, 3.8) is 0 Å². The number of ether oxygens (including phenoxy) is 1. The number of nitrogens with zero attached hydrogens (tertiary/aromatic N) is 5. The zero-order valence-electron chi connectivity index (χ0n) is 35.7. The van der Waals surface area contributed by atoms with Crippen molar-refractivity contribution in [1.82, 2.24) is 24.6 Å². The molecule has 3 aromatic heterocycles. The number of nitro groups is 1. The number of carbonyl (C=O) groups is 1. The number of hydrogen-bond acceptors (Lipinski definition) is 11. The van der Waals surface area contributed by atoms with Crippen molar-refractivity contribution < 1.29 is 22.9 Å². The lowest BCUT2D eigenvalue weighted by molar-refractivity contribution is -0.384. The number of amides is 1. The third-order valence-electron chi connectivity index (χ3n) is 14.2. The van der Waals surface area contributed by atoms with E-state index < -0.39 is 31.4 Å². The zero-order valence-corrected chi connectivity index (χ0v) is 36.5. The van der Waals surface area contributed by atoms with Gasteiger partial charge in [-0.1, -0.05) is 38.1 Å². The van der Waals surface area contributed by atoms with Crippen LogP contribution in [0.2, 0.25) is 0 Å². The third-order valence-corrected chi connectivity index (χ3v) is 15.5. The Labute approximate surface area is 363 Å². The number of pyridine rings is 2. The number of aromatic amines is 1. The Morgan fingerprint density at radius 2 is 1.74 bits per heavy atom. The highest BCUT2D eigenvalue weighted by atomic mass is 32.2. The molecule has 9 rings (SSSR count). The maximum atomic E-state index is 13.9. The molecule has 2 aliphatic carbocycles. The molecule has 2 aliphatic heterocycles. The Bertz CT molecular complexity index is 2590. The summed E-state index contributed by atoms with van der Waals surface area (Å²) in [7, 11) is -4.59. The molecule has 2 aromatic carbocycles. The van der Waals surface area contributed by atoms with E-state index in [1.54, 1.807) is 30.6 Å². The summed E-state index contributed by atoms with van der Waals surface area (Å²) in [5, 5.41) is 16.0. The first kappa shape index (κ1) is 41.8. The van der Waals surface area contributed by atoms with Gasteiger partial charge >= 0.3 is 5.69 Å². The van der Waals surface area contributed by atoms with E-state index in [9.17, 15) is 23.3 Å². The molecule has 4 fully saturated rings. The molecule has 2 saturated carbocycles. The molecule has 1 spiro atoms. The number of carbonyl (C=O) groups excluding carboxylic acids is 1. The summed E-state index contributed by atoms with van der Waals surface area (Å²) in [4.78, 5) is 41.6. The molecule has 5 aromatic rings. The average molecular weight is 861 g/mol. The maximum Gasteiger partial charge on any atom is 0.312 e. The van der Waals surface area contributed by atoms with Gasteiger partial charge in [-0.3, -0.25) is 19.8 Å². The fourth-order valence-electron chi connectivity index (χ4n) is 10.4. The number of fused-ring (bicyclic) bond motifs is 1. The highest BCUT2D eigenvalue weighted by Crippen LogP contribution is 2.54. The van der Waals surface area contributed by atoms with Gasteiger partial charge in [-0.2, -0.15) is 0 Å². The van der Waals surface area contributed by atoms with Crippen molar-refractivity contribution in [2.45, 2.75) is 102 Å². The highest BCUT2D eigenvalue weighted by Gasteiger charge is 2.50. The van der Waals surface area contributed by atoms with E-state index in [1.807, 2.05) is 12.1 Å². The number of likely N-dealkylation sites (tertiary alicyclic amines) is 1. The largest absolute Gasteiger partial charge is 0.455 e. The van der Waals surface area contributed by atoms with Crippen LogP contribution in [-0.4, -0.2) is 71.3 Å². The summed E-state index contributed by atoms with van der Waals surface area (Å²) >= 11 is 0. The highest BCUT2D eigenvalue weighted by molar-refractivity contribution is 7.90. The van der Waals surface area contributed by atoms with Crippen LogP contribution in [0.4, 0.5) is 17.2 Å². The molecule has 3 N–H and O–H groups in total. The summed E-state index contributed by atoms with van der Waals surface area (Å²) in [6.07, 6.45) is 15.4. The monoisotopic (exact) mass is 860 g/mol. The minimum absolute atomic E-state index is 0.0106. The van der Waals surface area contributed by atoms with Gasteiger partial charge < -0.3 is 19.9 Å².